The van der Waals surface area contributed by atoms with Crippen LogP contribution >= 0.6 is 0 Å². The fourth-order valence-corrected chi connectivity index (χ4v) is 3.69. The van der Waals surface area contributed by atoms with E-state index in [-0.39, 0.29) is 12.1 Å². The van der Waals surface area contributed by atoms with Crippen LogP contribution < -0.4 is 5.32 Å². The van der Waals surface area contributed by atoms with Crippen LogP contribution in [0.15, 0.2) is 24.3 Å². The molecule has 1 N–H and O–H groups in total. The fourth-order valence-electron chi connectivity index (χ4n) is 3.69. The molecule has 4 nitrogen and oxygen atoms in total. The highest BCUT2D eigenvalue weighted by molar-refractivity contribution is 5.74. The first-order valence-corrected chi connectivity index (χ1v) is 10.2. The maximum atomic E-state index is 12.9. The van der Waals surface area contributed by atoms with E-state index >= 15 is 0 Å². The minimum Gasteiger partial charge on any atom is -0.338 e. The largest absolute Gasteiger partial charge is 0.416 e. The van der Waals surface area contributed by atoms with E-state index in [1.165, 1.54) is 12.1 Å². The minimum atomic E-state index is -4.30. The molecule has 28 heavy (non-hydrogen) atoms. The summed E-state index contributed by atoms with van der Waals surface area (Å²) in [7, 11) is 0. The zero-order chi connectivity index (χ0) is 20.6. The summed E-state index contributed by atoms with van der Waals surface area (Å²) in [6, 6.07) is 5.82. The molecule has 2 rings (SSSR count). The first-order valence-electron chi connectivity index (χ1n) is 10.2. The third-order valence-corrected chi connectivity index (χ3v) is 5.21. The zero-order valence-corrected chi connectivity index (χ0v) is 16.9. The molecule has 1 unspecified atom stereocenters. The number of carbonyl (C=O) groups excluding carboxylic acids is 1. The first kappa shape index (κ1) is 22.5. The summed E-state index contributed by atoms with van der Waals surface area (Å²) in [5, 5.41) is 2.86. The van der Waals surface area contributed by atoms with Gasteiger partial charge in [-0.2, -0.15) is 13.2 Å². The smallest absolute Gasteiger partial charge is 0.338 e. The molecule has 1 heterocycles. The summed E-state index contributed by atoms with van der Waals surface area (Å²) in [6.45, 7) is 8.33. The van der Waals surface area contributed by atoms with Crippen molar-refractivity contribution in [2.45, 2.75) is 58.2 Å². The highest BCUT2D eigenvalue weighted by atomic mass is 19.4. The van der Waals surface area contributed by atoms with Gasteiger partial charge in [-0.25, -0.2) is 4.79 Å². The topological polar surface area (TPSA) is 35.6 Å². The number of amides is 2. The van der Waals surface area contributed by atoms with E-state index in [2.05, 4.69) is 24.1 Å². The zero-order valence-electron chi connectivity index (χ0n) is 16.9. The molecular formula is C21H32F3N3O. The van der Waals surface area contributed by atoms with Crippen LogP contribution in [0.25, 0.3) is 0 Å². The van der Waals surface area contributed by atoms with Crippen molar-refractivity contribution in [3.8, 4) is 0 Å². The number of hydrogen-bond donors (Lipinski definition) is 1. The van der Waals surface area contributed by atoms with Gasteiger partial charge in [0.1, 0.15) is 0 Å². The second-order valence-corrected chi connectivity index (χ2v) is 7.57. The van der Waals surface area contributed by atoms with E-state index in [0.29, 0.717) is 12.0 Å². The number of nitrogens with one attached hydrogen (secondary N) is 1. The molecule has 0 aliphatic carbocycles. The Kier molecular flexibility index (Phi) is 8.60. The monoisotopic (exact) mass is 399 g/mol. The Morgan fingerprint density at radius 1 is 1.25 bits per heavy atom. The molecule has 2 amide bonds. The molecule has 0 saturated carbocycles. The SMILES string of the molecule is CCCN(CCCCN1CCCNC1=O)C(C)Cc1cccc(C(F)(F)F)c1. The lowest BCUT2D eigenvalue weighted by Gasteiger charge is -2.30. The molecule has 1 atom stereocenters. The Balaban J connectivity index is 1.84. The van der Waals surface area contributed by atoms with E-state index in [9.17, 15) is 18.0 Å². The number of unbranched alkanes of at least 4 members (excludes halogenated alkanes) is 1. The fraction of sp³-hybridized carbons (Fsp3) is 0.667. The first-order chi connectivity index (χ1) is 13.3. The Morgan fingerprint density at radius 2 is 2.04 bits per heavy atom. The average molecular weight is 400 g/mol. The Hall–Kier alpha value is -1.76. The molecule has 1 aromatic carbocycles. The van der Waals surface area contributed by atoms with Gasteiger partial charge < -0.3 is 15.1 Å². The molecule has 0 radical (unpaired) electrons. The van der Waals surface area contributed by atoms with E-state index in [1.807, 2.05) is 4.90 Å². The number of urea groups is 1. The van der Waals surface area contributed by atoms with Crippen LogP contribution in [-0.4, -0.2) is 54.6 Å². The molecular weight excluding hydrogens is 367 g/mol. The quantitative estimate of drug-likeness (QED) is 0.586. The summed E-state index contributed by atoms with van der Waals surface area (Å²) in [5.74, 6) is 0. The predicted molar refractivity (Wildman–Crippen MR) is 105 cm³/mol. The van der Waals surface area contributed by atoms with E-state index in [1.54, 1.807) is 6.07 Å². The molecule has 0 bridgehead atoms. The van der Waals surface area contributed by atoms with Crippen LogP contribution in [0.5, 0.6) is 0 Å². The van der Waals surface area contributed by atoms with Crippen LogP contribution in [0.3, 0.4) is 0 Å². The number of rotatable bonds is 10. The van der Waals surface area contributed by atoms with Gasteiger partial charge in [-0.1, -0.05) is 25.1 Å². The number of halogens is 3. The number of nitrogens with zero attached hydrogens (tertiary/aromatic N) is 2. The molecule has 1 aromatic rings. The van der Waals surface area contributed by atoms with Gasteiger partial charge in [0.05, 0.1) is 5.56 Å². The number of carbonyl (C=O) groups is 1. The highest BCUT2D eigenvalue weighted by Gasteiger charge is 2.30. The van der Waals surface area contributed by atoms with Crippen LogP contribution in [0.1, 0.15) is 50.7 Å². The summed E-state index contributed by atoms with van der Waals surface area (Å²) < 4.78 is 38.8. The molecule has 0 aromatic heterocycles. The van der Waals surface area contributed by atoms with Gasteiger partial charge in [0.15, 0.2) is 0 Å². The molecule has 158 valence electrons. The van der Waals surface area contributed by atoms with Gasteiger partial charge in [0.25, 0.3) is 0 Å². The van der Waals surface area contributed by atoms with Gasteiger partial charge in [-0.3, -0.25) is 0 Å². The molecule has 1 saturated heterocycles. The number of alkyl halides is 3. The summed E-state index contributed by atoms with van der Waals surface area (Å²) in [5.41, 5.74) is 0.132. The maximum Gasteiger partial charge on any atom is 0.416 e. The normalized spacial score (nSPS) is 16.4. The predicted octanol–water partition coefficient (Wildman–Crippen LogP) is 4.54. The number of hydrogen-bond acceptors (Lipinski definition) is 2. The number of benzene rings is 1. The van der Waals surface area contributed by atoms with Gasteiger partial charge in [0.2, 0.25) is 0 Å². The summed E-state index contributed by atoms with van der Waals surface area (Å²) in [6.07, 6.45) is 0.186. The van der Waals surface area contributed by atoms with E-state index in [4.69, 9.17) is 0 Å². The lowest BCUT2D eigenvalue weighted by molar-refractivity contribution is -0.137. The summed E-state index contributed by atoms with van der Waals surface area (Å²) in [4.78, 5) is 16.0. The van der Waals surface area contributed by atoms with Crippen molar-refractivity contribution in [3.63, 3.8) is 0 Å². The van der Waals surface area contributed by atoms with Crippen LogP contribution in [0.4, 0.5) is 18.0 Å². The molecule has 1 aliphatic heterocycles. The second-order valence-electron chi connectivity index (χ2n) is 7.57. The Labute approximate surface area is 166 Å². The van der Waals surface area contributed by atoms with Crippen molar-refractivity contribution < 1.29 is 18.0 Å². The molecule has 1 fully saturated rings. The third-order valence-electron chi connectivity index (χ3n) is 5.21. The second kappa shape index (κ2) is 10.7. The Bertz CT molecular complexity index is 621. The molecule has 1 aliphatic rings. The van der Waals surface area contributed by atoms with Crippen molar-refractivity contribution >= 4 is 6.03 Å². The Morgan fingerprint density at radius 3 is 2.71 bits per heavy atom. The van der Waals surface area contributed by atoms with Gasteiger partial charge in [0, 0.05) is 25.7 Å². The van der Waals surface area contributed by atoms with Crippen LogP contribution in [0, 0.1) is 0 Å². The van der Waals surface area contributed by atoms with E-state index in [0.717, 1.165) is 64.5 Å². The highest BCUT2D eigenvalue weighted by Crippen LogP contribution is 2.30. The van der Waals surface area contributed by atoms with Crippen molar-refractivity contribution in [2.24, 2.45) is 0 Å². The standard InChI is InChI=1S/C21H32F3N3O/c1-3-11-26(12-4-5-13-27-14-7-10-25-20(27)28)17(2)15-18-8-6-9-19(16-18)21(22,23)24/h6,8-9,16-17H,3-5,7,10-15H2,1-2H3,(H,25,28). The van der Waals surface area contributed by atoms with Gasteiger partial charge in [-0.15, -0.1) is 0 Å². The van der Waals surface area contributed by atoms with Gasteiger partial charge in [-0.05, 0) is 63.7 Å². The van der Waals surface area contributed by atoms with Crippen molar-refractivity contribution in [1.82, 2.24) is 15.1 Å². The molecule has 0 spiro atoms. The van der Waals surface area contributed by atoms with E-state index < -0.39 is 11.7 Å². The van der Waals surface area contributed by atoms with Crippen LogP contribution in [-0.2, 0) is 12.6 Å². The lowest BCUT2D eigenvalue weighted by Crippen LogP contribution is -2.46. The third kappa shape index (κ3) is 7.00. The maximum absolute atomic E-state index is 12.9. The van der Waals surface area contributed by atoms with Crippen molar-refractivity contribution in [1.29, 1.82) is 0 Å². The molecule has 7 heteroatoms. The minimum absolute atomic E-state index is 0.0228. The average Bonchev–Trinajstić information content (AvgIpc) is 2.65. The summed E-state index contributed by atoms with van der Waals surface area (Å²) >= 11 is 0. The van der Waals surface area contributed by atoms with Crippen molar-refractivity contribution in [3.05, 3.63) is 35.4 Å². The van der Waals surface area contributed by atoms with Crippen molar-refractivity contribution in [2.75, 3.05) is 32.7 Å². The van der Waals surface area contributed by atoms with Gasteiger partial charge >= 0.3 is 12.2 Å². The van der Waals surface area contributed by atoms with Crippen LogP contribution in [0.2, 0.25) is 0 Å². The lowest BCUT2D eigenvalue weighted by atomic mass is 10.0.